The van der Waals surface area contributed by atoms with Gasteiger partial charge in [-0.15, -0.1) is 0 Å². The van der Waals surface area contributed by atoms with E-state index < -0.39 is 17.6 Å². The van der Waals surface area contributed by atoms with Crippen LogP contribution >= 0.6 is 0 Å². The monoisotopic (exact) mass is 292 g/mol. The first kappa shape index (κ1) is 13.4. The van der Waals surface area contributed by atoms with Crippen LogP contribution in [0.25, 0.3) is 16.9 Å². The molecule has 1 aromatic carbocycles. The molecule has 0 saturated heterocycles. The second kappa shape index (κ2) is 4.47. The summed E-state index contributed by atoms with van der Waals surface area (Å²) >= 11 is 0. The molecule has 0 aliphatic carbocycles. The lowest BCUT2D eigenvalue weighted by Gasteiger charge is -2.10. The van der Waals surface area contributed by atoms with Gasteiger partial charge >= 0.3 is 6.18 Å². The third kappa shape index (κ3) is 2.31. The summed E-state index contributed by atoms with van der Waals surface area (Å²) in [5.41, 5.74) is 6.19. The van der Waals surface area contributed by atoms with Crippen LogP contribution in [0.1, 0.15) is 11.3 Å². The second-order valence-corrected chi connectivity index (χ2v) is 4.73. The highest BCUT2D eigenvalue weighted by molar-refractivity contribution is 5.66. The van der Waals surface area contributed by atoms with Crippen LogP contribution in [-0.2, 0) is 6.18 Å². The third-order valence-corrected chi connectivity index (χ3v) is 3.09. The minimum absolute atomic E-state index is 0.105. The molecule has 0 unspecified atom stereocenters. The molecule has 2 aromatic heterocycles. The molecular formula is C14H11F3N4. The van der Waals surface area contributed by atoms with Gasteiger partial charge in [0.05, 0.1) is 17.6 Å². The fraction of sp³-hybridized carbons (Fsp3) is 0.143. The Labute approximate surface area is 118 Å². The normalized spacial score (nSPS) is 12.0. The number of hydrogen-bond donors (Lipinski definition) is 1. The molecule has 0 saturated carbocycles. The number of hydrogen-bond acceptors (Lipinski definition) is 3. The minimum Gasteiger partial charge on any atom is -0.396 e. The number of benzene rings is 1. The Morgan fingerprint density at radius 3 is 2.62 bits per heavy atom. The highest BCUT2D eigenvalue weighted by Gasteiger charge is 2.37. The molecule has 21 heavy (non-hydrogen) atoms. The van der Waals surface area contributed by atoms with E-state index in [-0.39, 0.29) is 5.65 Å². The maximum absolute atomic E-state index is 13.1. The molecular weight excluding hydrogens is 281 g/mol. The minimum atomic E-state index is -4.60. The molecule has 0 bridgehead atoms. The Morgan fingerprint density at radius 1 is 1.19 bits per heavy atom. The standard InChI is InChI=1S/C14H11F3N4/c1-8-3-2-4-9(5-8)11-6-12-19-7-10(18)13(14(15,16)17)21(12)20-11/h2-7H,18H2,1H3. The summed E-state index contributed by atoms with van der Waals surface area (Å²) < 4.78 is 40.0. The molecule has 7 heteroatoms. The Kier molecular flexibility index (Phi) is 2.86. The summed E-state index contributed by atoms with van der Waals surface area (Å²) in [5.74, 6) is 0. The van der Waals surface area contributed by atoms with Crippen molar-refractivity contribution in [3.63, 3.8) is 0 Å². The first-order chi connectivity index (χ1) is 9.86. The fourth-order valence-corrected chi connectivity index (χ4v) is 2.18. The molecule has 4 nitrogen and oxygen atoms in total. The van der Waals surface area contributed by atoms with E-state index in [0.29, 0.717) is 5.69 Å². The smallest absolute Gasteiger partial charge is 0.396 e. The van der Waals surface area contributed by atoms with Crippen LogP contribution in [0.3, 0.4) is 0 Å². The van der Waals surface area contributed by atoms with Gasteiger partial charge in [0.15, 0.2) is 11.3 Å². The largest absolute Gasteiger partial charge is 0.435 e. The second-order valence-electron chi connectivity index (χ2n) is 4.73. The highest BCUT2D eigenvalue weighted by Crippen LogP contribution is 2.34. The fourth-order valence-electron chi connectivity index (χ4n) is 2.18. The first-order valence-corrected chi connectivity index (χ1v) is 6.15. The van der Waals surface area contributed by atoms with Gasteiger partial charge in [0.25, 0.3) is 0 Å². The quantitative estimate of drug-likeness (QED) is 0.748. The number of anilines is 1. The lowest BCUT2D eigenvalue weighted by molar-refractivity contribution is -0.141. The number of nitrogens with two attached hydrogens (primary N) is 1. The maximum Gasteiger partial charge on any atom is 0.435 e. The van der Waals surface area contributed by atoms with Gasteiger partial charge in [-0.1, -0.05) is 23.8 Å². The van der Waals surface area contributed by atoms with Crippen molar-refractivity contribution in [1.82, 2.24) is 14.6 Å². The zero-order valence-electron chi connectivity index (χ0n) is 11.0. The van der Waals surface area contributed by atoms with Crippen LogP contribution in [0.2, 0.25) is 0 Å². The molecule has 0 radical (unpaired) electrons. The van der Waals surface area contributed by atoms with Crippen molar-refractivity contribution in [2.24, 2.45) is 0 Å². The molecule has 0 spiro atoms. The van der Waals surface area contributed by atoms with Crippen LogP contribution in [0.5, 0.6) is 0 Å². The Bertz CT molecular complexity index is 821. The molecule has 3 rings (SSSR count). The number of fused-ring (bicyclic) bond motifs is 1. The molecule has 0 aliphatic heterocycles. The van der Waals surface area contributed by atoms with Crippen molar-refractivity contribution >= 4 is 11.3 Å². The molecule has 0 atom stereocenters. The Balaban J connectivity index is 2.26. The molecule has 108 valence electrons. The molecule has 2 heterocycles. The lowest BCUT2D eigenvalue weighted by Crippen LogP contribution is -2.16. The van der Waals surface area contributed by atoms with E-state index in [4.69, 9.17) is 5.73 Å². The van der Waals surface area contributed by atoms with Crippen molar-refractivity contribution in [1.29, 1.82) is 0 Å². The average molecular weight is 292 g/mol. The summed E-state index contributed by atoms with van der Waals surface area (Å²) in [6.45, 7) is 1.90. The van der Waals surface area contributed by atoms with E-state index in [1.165, 1.54) is 6.07 Å². The number of aryl methyl sites for hydroxylation is 1. The Morgan fingerprint density at radius 2 is 1.95 bits per heavy atom. The van der Waals surface area contributed by atoms with Gasteiger partial charge in [-0.3, -0.25) is 0 Å². The van der Waals surface area contributed by atoms with E-state index in [1.54, 1.807) is 6.07 Å². The van der Waals surface area contributed by atoms with Gasteiger partial charge in [-0.2, -0.15) is 18.3 Å². The van der Waals surface area contributed by atoms with Crippen LogP contribution < -0.4 is 5.73 Å². The van der Waals surface area contributed by atoms with Gasteiger partial charge in [0, 0.05) is 11.6 Å². The van der Waals surface area contributed by atoms with Crippen molar-refractivity contribution in [3.8, 4) is 11.3 Å². The van der Waals surface area contributed by atoms with Crippen LogP contribution in [0.4, 0.5) is 18.9 Å². The zero-order chi connectivity index (χ0) is 15.2. The van der Waals surface area contributed by atoms with Crippen molar-refractivity contribution in [2.45, 2.75) is 13.1 Å². The highest BCUT2D eigenvalue weighted by atomic mass is 19.4. The van der Waals surface area contributed by atoms with Gasteiger partial charge in [0.2, 0.25) is 0 Å². The van der Waals surface area contributed by atoms with Crippen LogP contribution in [0.15, 0.2) is 36.5 Å². The van der Waals surface area contributed by atoms with Gasteiger partial charge in [-0.05, 0) is 13.0 Å². The number of halogens is 3. The summed E-state index contributed by atoms with van der Waals surface area (Å²) in [7, 11) is 0. The number of rotatable bonds is 1. The predicted octanol–water partition coefficient (Wildman–Crippen LogP) is 3.31. The zero-order valence-corrected chi connectivity index (χ0v) is 11.0. The van der Waals surface area contributed by atoms with Gasteiger partial charge in [0.1, 0.15) is 0 Å². The van der Waals surface area contributed by atoms with Gasteiger partial charge in [-0.25, -0.2) is 9.50 Å². The lowest BCUT2D eigenvalue weighted by atomic mass is 10.1. The van der Waals surface area contributed by atoms with E-state index in [1.807, 2.05) is 25.1 Å². The van der Waals surface area contributed by atoms with Crippen LogP contribution in [0, 0.1) is 6.92 Å². The molecule has 0 fully saturated rings. The first-order valence-electron chi connectivity index (χ1n) is 6.15. The molecule has 0 amide bonds. The number of nitrogen functional groups attached to an aromatic ring is 1. The molecule has 2 N–H and O–H groups in total. The topological polar surface area (TPSA) is 56.2 Å². The van der Waals surface area contributed by atoms with E-state index in [2.05, 4.69) is 10.1 Å². The van der Waals surface area contributed by atoms with Gasteiger partial charge < -0.3 is 5.73 Å². The summed E-state index contributed by atoms with van der Waals surface area (Å²) in [6, 6.07) is 8.85. The number of alkyl halides is 3. The summed E-state index contributed by atoms with van der Waals surface area (Å²) in [6.07, 6.45) is -3.60. The van der Waals surface area contributed by atoms with E-state index >= 15 is 0 Å². The maximum atomic E-state index is 13.1. The van der Waals surface area contributed by atoms with Crippen molar-refractivity contribution in [3.05, 3.63) is 47.8 Å². The third-order valence-electron chi connectivity index (χ3n) is 3.09. The number of nitrogens with zero attached hydrogens (tertiary/aromatic N) is 3. The van der Waals surface area contributed by atoms with Crippen LogP contribution in [-0.4, -0.2) is 14.6 Å². The van der Waals surface area contributed by atoms with Crippen molar-refractivity contribution in [2.75, 3.05) is 5.73 Å². The predicted molar refractivity (Wildman–Crippen MR) is 72.6 cm³/mol. The van der Waals surface area contributed by atoms with Crippen molar-refractivity contribution < 1.29 is 13.2 Å². The molecule has 3 aromatic rings. The van der Waals surface area contributed by atoms with E-state index in [9.17, 15) is 13.2 Å². The molecule has 0 aliphatic rings. The SMILES string of the molecule is Cc1cccc(-c2cc3ncc(N)c(C(F)(F)F)n3n2)c1. The summed E-state index contributed by atoms with van der Waals surface area (Å²) in [4.78, 5) is 3.90. The van der Waals surface area contributed by atoms with E-state index in [0.717, 1.165) is 21.8 Å². The average Bonchev–Trinajstić information content (AvgIpc) is 2.80. The summed E-state index contributed by atoms with van der Waals surface area (Å²) in [5, 5.41) is 4.01. The number of aromatic nitrogens is 3. The Hall–Kier alpha value is -2.57.